The Labute approximate surface area is 120 Å². The van der Waals surface area contributed by atoms with Gasteiger partial charge in [0, 0.05) is 26.3 Å². The van der Waals surface area contributed by atoms with E-state index in [1.807, 2.05) is 18.2 Å². The van der Waals surface area contributed by atoms with Crippen LogP contribution in [0.5, 0.6) is 0 Å². The van der Waals surface area contributed by atoms with Crippen molar-refractivity contribution in [3.63, 3.8) is 0 Å². The van der Waals surface area contributed by atoms with Gasteiger partial charge in [0.15, 0.2) is 5.65 Å². The topological polar surface area (TPSA) is 90.5 Å². The van der Waals surface area contributed by atoms with Gasteiger partial charge in [0.25, 0.3) is 5.56 Å². The van der Waals surface area contributed by atoms with Gasteiger partial charge < -0.3 is 5.32 Å². The van der Waals surface area contributed by atoms with Crippen LogP contribution in [0.1, 0.15) is 5.69 Å². The fourth-order valence-electron chi connectivity index (χ4n) is 2.03. The molecule has 0 unspecified atom stereocenters. The highest BCUT2D eigenvalue weighted by molar-refractivity contribution is 5.72. The molecule has 108 valence electrons. The van der Waals surface area contributed by atoms with Crippen molar-refractivity contribution in [2.75, 3.05) is 6.54 Å². The van der Waals surface area contributed by atoms with Crippen molar-refractivity contribution in [2.45, 2.75) is 13.1 Å². The largest absolute Gasteiger partial charge is 0.309 e. The summed E-state index contributed by atoms with van der Waals surface area (Å²) in [7, 11) is 1.73. The number of aromatic nitrogens is 6. The van der Waals surface area contributed by atoms with Gasteiger partial charge in [-0.25, -0.2) is 9.36 Å². The lowest BCUT2D eigenvalue weighted by atomic mass is 10.3. The van der Waals surface area contributed by atoms with Gasteiger partial charge in [-0.2, -0.15) is 5.10 Å². The number of rotatable bonds is 5. The second-order valence-electron chi connectivity index (χ2n) is 4.62. The Kier molecular flexibility index (Phi) is 3.69. The number of nitrogens with zero attached hydrogens (tertiary/aromatic N) is 6. The zero-order chi connectivity index (χ0) is 14.7. The van der Waals surface area contributed by atoms with Crippen molar-refractivity contribution in [3.05, 3.63) is 46.6 Å². The van der Waals surface area contributed by atoms with Crippen molar-refractivity contribution in [1.29, 1.82) is 0 Å². The van der Waals surface area contributed by atoms with Crippen molar-refractivity contribution in [2.24, 2.45) is 7.05 Å². The van der Waals surface area contributed by atoms with E-state index >= 15 is 0 Å². The first kappa shape index (κ1) is 13.4. The van der Waals surface area contributed by atoms with Crippen molar-refractivity contribution in [1.82, 2.24) is 35.1 Å². The number of fused-ring (bicyclic) bond motifs is 1. The van der Waals surface area contributed by atoms with Crippen LogP contribution in [0.3, 0.4) is 0 Å². The van der Waals surface area contributed by atoms with Crippen LogP contribution < -0.4 is 10.9 Å². The number of pyridine rings is 1. The van der Waals surface area contributed by atoms with Gasteiger partial charge in [0.2, 0.25) is 0 Å². The molecule has 0 aliphatic heterocycles. The summed E-state index contributed by atoms with van der Waals surface area (Å²) in [6, 6.07) is 5.76. The Morgan fingerprint density at radius 2 is 2.24 bits per heavy atom. The average Bonchev–Trinajstić information content (AvgIpc) is 2.89. The number of hydrogen-bond donors (Lipinski definition) is 1. The third-order valence-electron chi connectivity index (χ3n) is 3.15. The summed E-state index contributed by atoms with van der Waals surface area (Å²) < 4.78 is 2.88. The van der Waals surface area contributed by atoms with Crippen LogP contribution in [0.2, 0.25) is 0 Å². The Morgan fingerprint density at radius 1 is 1.33 bits per heavy atom. The molecule has 0 radical (unpaired) electrons. The lowest BCUT2D eigenvalue weighted by Crippen LogP contribution is -2.29. The van der Waals surface area contributed by atoms with E-state index < -0.39 is 0 Å². The van der Waals surface area contributed by atoms with Crippen LogP contribution >= 0.6 is 0 Å². The Balaban J connectivity index is 1.63. The van der Waals surface area contributed by atoms with E-state index in [4.69, 9.17) is 0 Å². The van der Waals surface area contributed by atoms with Crippen LogP contribution in [0.4, 0.5) is 0 Å². The van der Waals surface area contributed by atoms with Crippen LogP contribution in [-0.2, 0) is 20.1 Å². The Hall–Kier alpha value is -2.61. The first-order valence-corrected chi connectivity index (χ1v) is 6.62. The number of nitrogens with one attached hydrogen (secondary N) is 1. The van der Waals surface area contributed by atoms with E-state index in [0.717, 1.165) is 5.69 Å². The lowest BCUT2D eigenvalue weighted by molar-refractivity contribution is 0.509. The molecule has 0 saturated carbocycles. The quantitative estimate of drug-likeness (QED) is 0.648. The van der Waals surface area contributed by atoms with Crippen molar-refractivity contribution >= 4 is 11.0 Å². The molecule has 3 heterocycles. The second-order valence-corrected chi connectivity index (χ2v) is 4.62. The summed E-state index contributed by atoms with van der Waals surface area (Å²) in [5.41, 5.74) is 1.28. The van der Waals surface area contributed by atoms with Gasteiger partial charge in [-0.15, -0.1) is 5.10 Å². The Bertz CT molecular complexity index is 793. The minimum atomic E-state index is -0.173. The summed E-state index contributed by atoms with van der Waals surface area (Å²) in [5.74, 6) is 0. The second kappa shape index (κ2) is 5.80. The van der Waals surface area contributed by atoms with E-state index in [9.17, 15) is 4.79 Å². The van der Waals surface area contributed by atoms with Gasteiger partial charge in [0.1, 0.15) is 5.39 Å². The molecule has 0 saturated heterocycles. The minimum absolute atomic E-state index is 0.173. The van der Waals surface area contributed by atoms with E-state index in [1.165, 1.54) is 15.6 Å². The first-order valence-electron chi connectivity index (χ1n) is 6.62. The molecule has 8 nitrogen and oxygen atoms in total. The molecular weight excluding hydrogens is 270 g/mol. The van der Waals surface area contributed by atoms with Gasteiger partial charge in [-0.05, 0) is 12.1 Å². The standard InChI is InChI=1S/C13H15N7O/c1-19-12-11(9-16-19)13(21)20(18-17-12)7-6-14-8-10-4-2-3-5-15-10/h2-5,9,14H,6-8H2,1H3. The molecule has 0 aliphatic rings. The van der Waals surface area contributed by atoms with E-state index in [1.54, 1.807) is 13.2 Å². The molecular formula is C13H15N7O. The molecule has 0 spiro atoms. The molecule has 0 aromatic carbocycles. The van der Waals surface area contributed by atoms with E-state index in [-0.39, 0.29) is 5.56 Å². The van der Waals surface area contributed by atoms with Crippen LogP contribution in [0.25, 0.3) is 11.0 Å². The highest BCUT2D eigenvalue weighted by Crippen LogP contribution is 2.01. The van der Waals surface area contributed by atoms with Crippen molar-refractivity contribution < 1.29 is 0 Å². The first-order chi connectivity index (χ1) is 10.3. The fraction of sp³-hybridized carbons (Fsp3) is 0.308. The SMILES string of the molecule is Cn1ncc2c(=O)n(CCNCc3ccccn3)nnc21. The van der Waals surface area contributed by atoms with E-state index in [0.29, 0.717) is 30.7 Å². The van der Waals surface area contributed by atoms with Gasteiger partial charge in [-0.1, -0.05) is 11.3 Å². The predicted molar refractivity (Wildman–Crippen MR) is 76.5 cm³/mol. The highest BCUT2D eigenvalue weighted by atomic mass is 16.1. The van der Waals surface area contributed by atoms with Crippen LogP contribution in [-0.4, -0.2) is 36.3 Å². The van der Waals surface area contributed by atoms with Crippen LogP contribution in [0.15, 0.2) is 35.4 Å². The Morgan fingerprint density at radius 3 is 3.05 bits per heavy atom. The molecule has 3 aromatic rings. The van der Waals surface area contributed by atoms with Gasteiger partial charge in [0.05, 0.1) is 18.4 Å². The minimum Gasteiger partial charge on any atom is -0.309 e. The monoisotopic (exact) mass is 285 g/mol. The van der Waals surface area contributed by atoms with Gasteiger partial charge >= 0.3 is 0 Å². The number of hydrogen-bond acceptors (Lipinski definition) is 6. The third kappa shape index (κ3) is 2.79. The average molecular weight is 285 g/mol. The predicted octanol–water partition coefficient (Wildman–Crippen LogP) is -0.290. The molecule has 3 rings (SSSR count). The molecule has 0 atom stereocenters. The summed E-state index contributed by atoms with van der Waals surface area (Å²) in [5, 5.41) is 15.6. The maximum absolute atomic E-state index is 12.2. The fourth-order valence-corrected chi connectivity index (χ4v) is 2.03. The molecule has 0 fully saturated rings. The third-order valence-corrected chi connectivity index (χ3v) is 3.15. The zero-order valence-electron chi connectivity index (χ0n) is 11.6. The maximum Gasteiger partial charge on any atom is 0.280 e. The lowest BCUT2D eigenvalue weighted by Gasteiger charge is -2.05. The number of aryl methyl sites for hydroxylation is 1. The molecule has 8 heteroatoms. The van der Waals surface area contributed by atoms with Crippen LogP contribution in [0, 0.1) is 0 Å². The molecule has 0 aliphatic carbocycles. The molecule has 3 aromatic heterocycles. The van der Waals surface area contributed by atoms with Crippen molar-refractivity contribution in [3.8, 4) is 0 Å². The summed E-state index contributed by atoms with van der Waals surface area (Å²) in [6.07, 6.45) is 3.27. The van der Waals surface area contributed by atoms with E-state index in [2.05, 4.69) is 25.7 Å². The highest BCUT2D eigenvalue weighted by Gasteiger charge is 2.08. The summed E-state index contributed by atoms with van der Waals surface area (Å²) in [6.45, 7) is 1.71. The maximum atomic E-state index is 12.2. The van der Waals surface area contributed by atoms with Gasteiger partial charge in [-0.3, -0.25) is 9.78 Å². The normalized spacial score (nSPS) is 11.1. The molecule has 21 heavy (non-hydrogen) atoms. The molecule has 0 amide bonds. The molecule has 1 N–H and O–H groups in total. The smallest absolute Gasteiger partial charge is 0.280 e. The molecule has 0 bridgehead atoms. The summed E-state index contributed by atoms with van der Waals surface area (Å²) in [4.78, 5) is 16.4. The summed E-state index contributed by atoms with van der Waals surface area (Å²) >= 11 is 0. The zero-order valence-corrected chi connectivity index (χ0v) is 11.6.